The van der Waals surface area contributed by atoms with E-state index in [1.807, 2.05) is 0 Å². The first-order chi connectivity index (χ1) is 8.79. The molecule has 100 valence electrons. The number of ether oxygens (including phenoxy) is 1. The molecule has 1 aromatic rings. The Balaban J connectivity index is 1.88. The van der Waals surface area contributed by atoms with Crippen molar-refractivity contribution in [1.29, 1.82) is 0 Å². The van der Waals surface area contributed by atoms with Crippen molar-refractivity contribution in [2.45, 2.75) is 18.9 Å². The number of halogens is 1. The summed E-state index contributed by atoms with van der Waals surface area (Å²) >= 11 is 0. The van der Waals surface area contributed by atoms with Crippen LogP contribution in [0.4, 0.5) is 4.39 Å². The van der Waals surface area contributed by atoms with Crippen molar-refractivity contribution in [2.24, 2.45) is 0 Å². The number of hydrogen-bond acceptors (Lipinski definition) is 3. The van der Waals surface area contributed by atoms with Gasteiger partial charge in [-0.05, 0) is 37.1 Å². The summed E-state index contributed by atoms with van der Waals surface area (Å²) in [4.78, 5) is 2.34. The van der Waals surface area contributed by atoms with Crippen molar-refractivity contribution in [3.63, 3.8) is 0 Å². The zero-order chi connectivity index (χ0) is 12.8. The molecule has 1 aromatic carbocycles. The van der Waals surface area contributed by atoms with Gasteiger partial charge in [0.15, 0.2) is 0 Å². The van der Waals surface area contributed by atoms with Crippen LogP contribution in [0.1, 0.15) is 24.5 Å². The van der Waals surface area contributed by atoms with Crippen molar-refractivity contribution in [2.75, 3.05) is 32.8 Å². The molecule has 1 N–H and O–H groups in total. The Hall–Kier alpha value is -0.970. The summed E-state index contributed by atoms with van der Waals surface area (Å²) in [5.41, 5.74) is 1.03. The van der Waals surface area contributed by atoms with Crippen LogP contribution in [0, 0.1) is 5.82 Å². The van der Waals surface area contributed by atoms with E-state index in [-0.39, 0.29) is 18.5 Å². The third-order valence-electron chi connectivity index (χ3n) is 3.27. The highest BCUT2D eigenvalue weighted by atomic mass is 19.1. The zero-order valence-electron chi connectivity index (χ0n) is 10.5. The normalized spacial score (nSPS) is 21.1. The fourth-order valence-electron chi connectivity index (χ4n) is 2.23. The Kier molecular flexibility index (Phi) is 5.11. The van der Waals surface area contributed by atoms with Crippen LogP contribution in [0.2, 0.25) is 0 Å². The van der Waals surface area contributed by atoms with Crippen molar-refractivity contribution in [3.8, 4) is 0 Å². The number of aliphatic hydroxyl groups excluding tert-OH is 1. The Morgan fingerprint density at radius 2 is 2.06 bits per heavy atom. The fourth-order valence-corrected chi connectivity index (χ4v) is 2.23. The molecule has 18 heavy (non-hydrogen) atoms. The number of rotatable bonds is 5. The van der Waals surface area contributed by atoms with Gasteiger partial charge in [-0.1, -0.05) is 12.1 Å². The van der Waals surface area contributed by atoms with Gasteiger partial charge in [-0.3, -0.25) is 4.90 Å². The van der Waals surface area contributed by atoms with Crippen molar-refractivity contribution in [1.82, 2.24) is 4.90 Å². The van der Waals surface area contributed by atoms with Gasteiger partial charge in [0.2, 0.25) is 0 Å². The van der Waals surface area contributed by atoms with Crippen molar-refractivity contribution in [3.05, 3.63) is 35.6 Å². The SMILES string of the molecule is OCCCCN1CCO[C@H](c2ccc(F)cc2)C1. The van der Waals surface area contributed by atoms with E-state index in [9.17, 15) is 4.39 Å². The van der Waals surface area contributed by atoms with Gasteiger partial charge < -0.3 is 9.84 Å². The van der Waals surface area contributed by atoms with Crippen LogP contribution in [0.5, 0.6) is 0 Å². The summed E-state index contributed by atoms with van der Waals surface area (Å²) < 4.78 is 18.6. The molecule has 0 spiro atoms. The lowest BCUT2D eigenvalue weighted by atomic mass is 10.1. The topological polar surface area (TPSA) is 32.7 Å². The van der Waals surface area contributed by atoms with Crippen LogP contribution in [0.25, 0.3) is 0 Å². The van der Waals surface area contributed by atoms with Gasteiger partial charge in [0.05, 0.1) is 12.7 Å². The Labute approximate surface area is 107 Å². The first-order valence-corrected chi connectivity index (χ1v) is 6.50. The highest BCUT2D eigenvalue weighted by Crippen LogP contribution is 2.22. The Morgan fingerprint density at radius 3 is 2.78 bits per heavy atom. The van der Waals surface area contributed by atoms with E-state index in [2.05, 4.69) is 4.90 Å². The van der Waals surface area contributed by atoms with Crippen LogP contribution in [0.15, 0.2) is 24.3 Å². The van der Waals surface area contributed by atoms with E-state index < -0.39 is 0 Å². The summed E-state index contributed by atoms with van der Waals surface area (Å²) in [6.07, 6.45) is 1.89. The highest BCUT2D eigenvalue weighted by Gasteiger charge is 2.21. The van der Waals surface area contributed by atoms with Gasteiger partial charge >= 0.3 is 0 Å². The number of hydrogen-bond donors (Lipinski definition) is 1. The predicted molar refractivity (Wildman–Crippen MR) is 67.9 cm³/mol. The van der Waals surface area contributed by atoms with Crippen molar-refractivity contribution >= 4 is 0 Å². The minimum absolute atomic E-state index is 0.0356. The molecule has 2 rings (SSSR count). The lowest BCUT2D eigenvalue weighted by Gasteiger charge is -2.33. The first kappa shape index (κ1) is 13.5. The molecule has 0 amide bonds. The molecule has 1 aliphatic rings. The summed E-state index contributed by atoms with van der Waals surface area (Å²) in [6, 6.07) is 6.53. The van der Waals surface area contributed by atoms with Gasteiger partial charge in [0, 0.05) is 19.7 Å². The summed E-state index contributed by atoms with van der Waals surface area (Å²) in [5.74, 6) is -0.214. The van der Waals surface area contributed by atoms with Crippen LogP contribution < -0.4 is 0 Å². The van der Waals surface area contributed by atoms with Crippen LogP contribution >= 0.6 is 0 Å². The van der Waals surface area contributed by atoms with E-state index in [1.165, 1.54) is 12.1 Å². The molecule has 0 saturated carbocycles. The monoisotopic (exact) mass is 253 g/mol. The van der Waals surface area contributed by atoms with E-state index in [1.54, 1.807) is 12.1 Å². The number of nitrogens with zero attached hydrogens (tertiary/aromatic N) is 1. The smallest absolute Gasteiger partial charge is 0.123 e. The average Bonchev–Trinajstić information content (AvgIpc) is 2.40. The molecule has 1 aliphatic heterocycles. The quantitative estimate of drug-likeness (QED) is 0.814. The summed E-state index contributed by atoms with van der Waals surface area (Å²) in [6.45, 7) is 3.73. The minimum Gasteiger partial charge on any atom is -0.396 e. The second-order valence-electron chi connectivity index (χ2n) is 4.64. The van der Waals surface area contributed by atoms with Gasteiger partial charge in [-0.2, -0.15) is 0 Å². The Bertz CT molecular complexity index is 355. The largest absolute Gasteiger partial charge is 0.396 e. The highest BCUT2D eigenvalue weighted by molar-refractivity contribution is 5.19. The molecule has 1 heterocycles. The van der Waals surface area contributed by atoms with Gasteiger partial charge in [0.25, 0.3) is 0 Å². The van der Waals surface area contributed by atoms with Crippen LogP contribution in [-0.2, 0) is 4.74 Å². The molecule has 1 fully saturated rings. The first-order valence-electron chi connectivity index (χ1n) is 6.50. The average molecular weight is 253 g/mol. The number of benzene rings is 1. The molecule has 4 heteroatoms. The van der Waals surface area contributed by atoms with E-state index in [0.29, 0.717) is 6.61 Å². The van der Waals surface area contributed by atoms with Crippen LogP contribution in [0.3, 0.4) is 0 Å². The second-order valence-corrected chi connectivity index (χ2v) is 4.64. The molecule has 1 atom stereocenters. The van der Waals surface area contributed by atoms with Crippen molar-refractivity contribution < 1.29 is 14.2 Å². The molecule has 0 aromatic heterocycles. The second kappa shape index (κ2) is 6.83. The molecule has 0 radical (unpaired) electrons. The van der Waals surface area contributed by atoms with Gasteiger partial charge in [0.1, 0.15) is 5.82 Å². The molecule has 0 bridgehead atoms. The Morgan fingerprint density at radius 1 is 1.28 bits per heavy atom. The third kappa shape index (κ3) is 3.77. The maximum atomic E-state index is 12.9. The van der Waals surface area contributed by atoms with E-state index >= 15 is 0 Å². The molecule has 3 nitrogen and oxygen atoms in total. The lowest BCUT2D eigenvalue weighted by molar-refractivity contribution is -0.0306. The van der Waals surface area contributed by atoms with Gasteiger partial charge in [-0.25, -0.2) is 4.39 Å². The maximum absolute atomic E-state index is 12.9. The number of aliphatic hydroxyl groups is 1. The minimum atomic E-state index is -0.214. The summed E-state index contributed by atoms with van der Waals surface area (Å²) in [5, 5.41) is 8.77. The fraction of sp³-hybridized carbons (Fsp3) is 0.571. The number of unbranched alkanes of at least 4 members (excludes halogenated alkanes) is 1. The number of morpholine rings is 1. The van der Waals surface area contributed by atoms with E-state index in [0.717, 1.165) is 38.0 Å². The summed E-state index contributed by atoms with van der Waals surface area (Å²) in [7, 11) is 0. The molecular formula is C14H20FNO2. The molecular weight excluding hydrogens is 233 g/mol. The molecule has 1 saturated heterocycles. The lowest BCUT2D eigenvalue weighted by Crippen LogP contribution is -2.38. The predicted octanol–water partition coefficient (Wildman–Crippen LogP) is 1.97. The maximum Gasteiger partial charge on any atom is 0.123 e. The standard InChI is InChI=1S/C14H20FNO2/c15-13-5-3-12(4-6-13)14-11-16(8-10-18-14)7-1-2-9-17/h3-6,14,17H,1-2,7-11H2/t14-/m0/s1. The molecule has 0 unspecified atom stereocenters. The third-order valence-corrected chi connectivity index (χ3v) is 3.27. The zero-order valence-corrected chi connectivity index (χ0v) is 10.5. The molecule has 0 aliphatic carbocycles. The van der Waals surface area contributed by atoms with Crippen LogP contribution in [-0.4, -0.2) is 42.9 Å². The van der Waals surface area contributed by atoms with Gasteiger partial charge in [-0.15, -0.1) is 0 Å². The van der Waals surface area contributed by atoms with E-state index in [4.69, 9.17) is 9.84 Å².